The van der Waals surface area contributed by atoms with Gasteiger partial charge in [0.2, 0.25) is 0 Å². The monoisotopic (exact) mass is 420 g/mol. The van der Waals surface area contributed by atoms with Gasteiger partial charge in [0.1, 0.15) is 0 Å². The van der Waals surface area contributed by atoms with E-state index in [0.29, 0.717) is 25.5 Å². The van der Waals surface area contributed by atoms with E-state index < -0.39 is 0 Å². The Bertz CT molecular complexity index is 699. The molecule has 2 aliphatic rings. The minimum Gasteiger partial charge on any atom is -0.493 e. The quantitative estimate of drug-likeness (QED) is 0.327. The number of carbonyl (C=O) groups is 1. The first-order chi connectivity index (χ1) is 14.6. The van der Waals surface area contributed by atoms with E-state index in [1.807, 2.05) is 18.2 Å². The standard InChI is InChI=1S/C22H32N2O6/c1-17(25)29-20(15-24-9-11-27-12-10-24)16-28-23-14-18-7-8-21(26-2)22(13-18)30-19-5-3-4-6-19/h7-8,13-14,19-20H,3-6,9-12,15-16H2,1-2H3/b23-14+. The van der Waals surface area contributed by atoms with Crippen LogP contribution in [0.25, 0.3) is 0 Å². The van der Waals surface area contributed by atoms with Crippen molar-refractivity contribution in [1.29, 1.82) is 0 Å². The number of hydrogen-bond donors (Lipinski definition) is 0. The molecule has 1 saturated carbocycles. The number of nitrogens with zero attached hydrogens (tertiary/aromatic N) is 2. The lowest BCUT2D eigenvalue weighted by Gasteiger charge is -2.29. The Kier molecular flexibility index (Phi) is 8.77. The van der Waals surface area contributed by atoms with E-state index in [1.165, 1.54) is 19.8 Å². The molecule has 1 aliphatic carbocycles. The van der Waals surface area contributed by atoms with Gasteiger partial charge in [0, 0.05) is 32.1 Å². The summed E-state index contributed by atoms with van der Waals surface area (Å²) in [5, 5.41) is 4.05. The van der Waals surface area contributed by atoms with E-state index in [2.05, 4.69) is 10.1 Å². The zero-order valence-corrected chi connectivity index (χ0v) is 17.9. The molecular weight excluding hydrogens is 388 g/mol. The maximum atomic E-state index is 11.4. The average Bonchev–Trinajstić information content (AvgIpc) is 3.25. The SMILES string of the molecule is COc1ccc(/C=N/OCC(CN2CCOCC2)OC(C)=O)cc1OC1CCCC1. The highest BCUT2D eigenvalue weighted by Crippen LogP contribution is 2.32. The second-order valence-electron chi connectivity index (χ2n) is 7.61. The van der Waals surface area contributed by atoms with Crippen molar-refractivity contribution in [2.45, 2.75) is 44.8 Å². The molecule has 1 aromatic rings. The Morgan fingerprint density at radius 2 is 2.03 bits per heavy atom. The van der Waals surface area contributed by atoms with Gasteiger partial charge in [0.15, 0.2) is 24.2 Å². The lowest BCUT2D eigenvalue weighted by atomic mass is 10.2. The molecule has 0 N–H and O–H groups in total. The normalized spacial score (nSPS) is 19.0. The molecule has 1 heterocycles. The lowest BCUT2D eigenvalue weighted by molar-refractivity contribution is -0.151. The van der Waals surface area contributed by atoms with Crippen molar-refractivity contribution in [2.75, 3.05) is 46.6 Å². The van der Waals surface area contributed by atoms with Crippen LogP contribution in [-0.2, 0) is 19.1 Å². The molecule has 0 radical (unpaired) electrons. The fourth-order valence-corrected chi connectivity index (χ4v) is 3.71. The van der Waals surface area contributed by atoms with Crippen LogP contribution in [0.2, 0.25) is 0 Å². The van der Waals surface area contributed by atoms with Crippen molar-refractivity contribution >= 4 is 12.2 Å². The van der Waals surface area contributed by atoms with Crippen LogP contribution in [0.1, 0.15) is 38.2 Å². The molecular formula is C22H32N2O6. The zero-order chi connectivity index (χ0) is 21.2. The number of carbonyl (C=O) groups excluding carboxylic acids is 1. The summed E-state index contributed by atoms with van der Waals surface area (Å²) in [5.74, 6) is 1.10. The van der Waals surface area contributed by atoms with Gasteiger partial charge < -0.3 is 23.8 Å². The molecule has 8 heteroatoms. The smallest absolute Gasteiger partial charge is 0.303 e. The fourth-order valence-electron chi connectivity index (χ4n) is 3.71. The van der Waals surface area contributed by atoms with E-state index >= 15 is 0 Å². The summed E-state index contributed by atoms with van der Waals surface area (Å²) in [4.78, 5) is 19.0. The van der Waals surface area contributed by atoms with Gasteiger partial charge >= 0.3 is 5.97 Å². The second-order valence-corrected chi connectivity index (χ2v) is 7.61. The third-order valence-corrected chi connectivity index (χ3v) is 5.22. The molecule has 1 unspecified atom stereocenters. The van der Waals surface area contributed by atoms with Crippen LogP contribution >= 0.6 is 0 Å². The number of rotatable bonds is 10. The van der Waals surface area contributed by atoms with Crippen LogP contribution in [0.3, 0.4) is 0 Å². The largest absolute Gasteiger partial charge is 0.493 e. The predicted molar refractivity (Wildman–Crippen MR) is 112 cm³/mol. The first kappa shape index (κ1) is 22.4. The van der Waals surface area contributed by atoms with Crippen LogP contribution in [-0.4, -0.2) is 75.9 Å². The van der Waals surface area contributed by atoms with Gasteiger partial charge in [-0.15, -0.1) is 0 Å². The second kappa shape index (κ2) is 11.8. The Morgan fingerprint density at radius 3 is 2.73 bits per heavy atom. The van der Waals surface area contributed by atoms with Gasteiger partial charge in [0.25, 0.3) is 0 Å². The van der Waals surface area contributed by atoms with E-state index in [9.17, 15) is 4.79 Å². The van der Waals surface area contributed by atoms with Gasteiger partial charge in [-0.25, -0.2) is 0 Å². The molecule has 2 fully saturated rings. The minimum atomic E-state index is -0.380. The first-order valence-electron chi connectivity index (χ1n) is 10.6. The Labute approximate surface area is 178 Å². The number of benzene rings is 1. The predicted octanol–water partition coefficient (Wildman–Crippen LogP) is 2.63. The van der Waals surface area contributed by atoms with Crippen LogP contribution in [0, 0.1) is 0 Å². The maximum absolute atomic E-state index is 11.4. The summed E-state index contributed by atoms with van der Waals surface area (Å²) in [6.45, 7) is 5.20. The molecule has 3 rings (SSSR count). The van der Waals surface area contributed by atoms with Crippen LogP contribution in [0.4, 0.5) is 0 Å². The van der Waals surface area contributed by atoms with Crippen LogP contribution in [0.5, 0.6) is 11.5 Å². The molecule has 0 amide bonds. The van der Waals surface area contributed by atoms with Gasteiger partial charge in [0.05, 0.1) is 32.6 Å². The van der Waals surface area contributed by atoms with Crippen LogP contribution < -0.4 is 9.47 Å². The summed E-state index contributed by atoms with van der Waals surface area (Å²) in [7, 11) is 1.64. The lowest BCUT2D eigenvalue weighted by Crippen LogP contribution is -2.43. The van der Waals surface area contributed by atoms with E-state index in [-0.39, 0.29) is 24.8 Å². The highest BCUT2D eigenvalue weighted by atomic mass is 16.6. The number of esters is 1. The van der Waals surface area contributed by atoms with Crippen molar-refractivity contribution < 1.29 is 28.6 Å². The summed E-state index contributed by atoms with van der Waals surface area (Å²) < 4.78 is 22.3. The number of methoxy groups -OCH3 is 1. The minimum absolute atomic E-state index is 0.190. The molecule has 8 nitrogen and oxygen atoms in total. The molecule has 0 spiro atoms. The maximum Gasteiger partial charge on any atom is 0.303 e. The Hall–Kier alpha value is -2.32. The fraction of sp³-hybridized carbons (Fsp3) is 0.636. The molecule has 0 bridgehead atoms. The van der Waals surface area contributed by atoms with Crippen molar-refractivity contribution in [1.82, 2.24) is 4.90 Å². The average molecular weight is 421 g/mol. The Balaban J connectivity index is 1.53. The third kappa shape index (κ3) is 7.18. The number of hydrogen-bond acceptors (Lipinski definition) is 8. The van der Waals surface area contributed by atoms with Crippen molar-refractivity contribution in [2.24, 2.45) is 5.16 Å². The molecule has 1 atom stereocenters. The molecule has 166 valence electrons. The van der Waals surface area contributed by atoms with Gasteiger partial charge in [-0.05, 0) is 43.9 Å². The summed E-state index contributed by atoms with van der Waals surface area (Å²) in [6, 6.07) is 5.66. The van der Waals surface area contributed by atoms with Gasteiger partial charge in [-0.1, -0.05) is 5.16 Å². The molecule has 1 aromatic carbocycles. The van der Waals surface area contributed by atoms with Crippen molar-refractivity contribution in [3.63, 3.8) is 0 Å². The first-order valence-corrected chi connectivity index (χ1v) is 10.6. The van der Waals surface area contributed by atoms with E-state index in [0.717, 1.165) is 37.2 Å². The van der Waals surface area contributed by atoms with Gasteiger partial charge in [-0.3, -0.25) is 9.69 Å². The summed E-state index contributed by atoms with van der Waals surface area (Å²) >= 11 is 0. The van der Waals surface area contributed by atoms with Crippen LogP contribution in [0.15, 0.2) is 23.4 Å². The van der Waals surface area contributed by atoms with Crippen molar-refractivity contribution in [3.05, 3.63) is 23.8 Å². The Morgan fingerprint density at radius 1 is 1.27 bits per heavy atom. The highest BCUT2D eigenvalue weighted by Gasteiger charge is 2.20. The third-order valence-electron chi connectivity index (χ3n) is 5.22. The van der Waals surface area contributed by atoms with Crippen molar-refractivity contribution in [3.8, 4) is 11.5 Å². The topological polar surface area (TPSA) is 78.8 Å². The molecule has 1 saturated heterocycles. The van der Waals surface area contributed by atoms with E-state index in [1.54, 1.807) is 13.3 Å². The molecule has 30 heavy (non-hydrogen) atoms. The van der Waals surface area contributed by atoms with E-state index in [4.69, 9.17) is 23.8 Å². The highest BCUT2D eigenvalue weighted by molar-refractivity contribution is 5.80. The number of morpholine rings is 1. The van der Waals surface area contributed by atoms with Gasteiger partial charge in [-0.2, -0.15) is 0 Å². The summed E-state index contributed by atoms with van der Waals surface area (Å²) in [6.07, 6.45) is 6.05. The number of oxime groups is 1. The zero-order valence-electron chi connectivity index (χ0n) is 17.9. The summed E-state index contributed by atoms with van der Waals surface area (Å²) in [5.41, 5.74) is 0.848. The molecule has 0 aromatic heterocycles. The molecule has 1 aliphatic heterocycles. The number of ether oxygens (including phenoxy) is 4.